The number of amides is 2. The van der Waals surface area contributed by atoms with Crippen LogP contribution in [0.2, 0.25) is 0 Å². The minimum absolute atomic E-state index is 0.315. The second-order valence-corrected chi connectivity index (χ2v) is 5.45. The van der Waals surface area contributed by atoms with Crippen molar-refractivity contribution in [1.82, 2.24) is 0 Å². The average molecular weight is 375 g/mol. The number of carbonyl (C=O) groups is 2. The third-order valence-electron chi connectivity index (χ3n) is 2.56. The summed E-state index contributed by atoms with van der Waals surface area (Å²) in [7, 11) is 1.52. The standard InChI is InChI=1S/C12H9Br2NO3/c1-6-3-11(16)15(12(6)17)9-5-10(18-2)8(14)4-7(9)13/h3-5H,1-2H3. The van der Waals surface area contributed by atoms with Gasteiger partial charge in [-0.2, -0.15) is 0 Å². The normalized spacial score (nSPS) is 15.1. The second kappa shape index (κ2) is 4.85. The molecule has 0 spiro atoms. The summed E-state index contributed by atoms with van der Waals surface area (Å²) in [5.41, 5.74) is 0.895. The zero-order chi connectivity index (χ0) is 13.4. The number of imide groups is 1. The largest absolute Gasteiger partial charge is 0.495 e. The Bertz CT molecular complexity index is 581. The quantitative estimate of drug-likeness (QED) is 0.747. The van der Waals surface area contributed by atoms with Crippen molar-refractivity contribution in [1.29, 1.82) is 0 Å². The summed E-state index contributed by atoms with van der Waals surface area (Å²) < 4.78 is 6.54. The Morgan fingerprint density at radius 1 is 1.17 bits per heavy atom. The van der Waals surface area contributed by atoms with Crippen LogP contribution in [0.1, 0.15) is 6.92 Å². The van der Waals surface area contributed by atoms with Crippen molar-refractivity contribution < 1.29 is 14.3 Å². The monoisotopic (exact) mass is 373 g/mol. The number of carbonyl (C=O) groups excluding carboxylic acids is 2. The van der Waals surface area contributed by atoms with E-state index in [2.05, 4.69) is 31.9 Å². The first-order chi connectivity index (χ1) is 8.45. The van der Waals surface area contributed by atoms with Crippen LogP contribution >= 0.6 is 31.9 Å². The first kappa shape index (κ1) is 13.3. The molecule has 0 aromatic heterocycles. The van der Waals surface area contributed by atoms with Crippen molar-refractivity contribution in [2.24, 2.45) is 0 Å². The predicted octanol–water partition coefficient (Wildman–Crippen LogP) is 3.04. The molecule has 0 atom stereocenters. The molecule has 0 bridgehead atoms. The summed E-state index contributed by atoms with van der Waals surface area (Å²) in [5, 5.41) is 0. The molecule has 0 saturated heterocycles. The molecule has 1 aromatic rings. The number of halogens is 2. The smallest absolute Gasteiger partial charge is 0.261 e. The molecule has 18 heavy (non-hydrogen) atoms. The molecule has 0 N–H and O–H groups in total. The highest BCUT2D eigenvalue weighted by Crippen LogP contribution is 2.38. The topological polar surface area (TPSA) is 46.6 Å². The lowest BCUT2D eigenvalue weighted by molar-refractivity contribution is -0.120. The van der Waals surface area contributed by atoms with E-state index in [-0.39, 0.29) is 11.8 Å². The van der Waals surface area contributed by atoms with Gasteiger partial charge in [-0.15, -0.1) is 0 Å². The number of methoxy groups -OCH3 is 1. The second-order valence-electron chi connectivity index (χ2n) is 3.74. The first-order valence-corrected chi connectivity index (χ1v) is 6.64. The Labute approximate surface area is 121 Å². The van der Waals surface area contributed by atoms with Gasteiger partial charge in [-0.1, -0.05) is 0 Å². The van der Waals surface area contributed by atoms with E-state index >= 15 is 0 Å². The van der Waals surface area contributed by atoms with E-state index in [4.69, 9.17) is 4.74 Å². The van der Waals surface area contributed by atoms with Crippen LogP contribution in [0.15, 0.2) is 32.7 Å². The van der Waals surface area contributed by atoms with Crippen LogP contribution in [0, 0.1) is 0 Å². The van der Waals surface area contributed by atoms with E-state index in [1.165, 1.54) is 13.2 Å². The number of anilines is 1. The molecule has 0 unspecified atom stereocenters. The number of hydrogen-bond donors (Lipinski definition) is 0. The molecule has 2 rings (SSSR count). The highest BCUT2D eigenvalue weighted by Gasteiger charge is 2.31. The van der Waals surface area contributed by atoms with Gasteiger partial charge in [0.2, 0.25) is 0 Å². The highest BCUT2D eigenvalue weighted by atomic mass is 79.9. The Morgan fingerprint density at radius 3 is 2.33 bits per heavy atom. The van der Waals surface area contributed by atoms with E-state index in [0.717, 1.165) is 9.37 Å². The molecule has 0 fully saturated rings. The first-order valence-electron chi connectivity index (χ1n) is 5.05. The number of benzene rings is 1. The zero-order valence-corrected chi connectivity index (χ0v) is 12.8. The summed E-state index contributed by atoms with van der Waals surface area (Å²) in [6.07, 6.45) is 1.32. The molecule has 0 radical (unpaired) electrons. The van der Waals surface area contributed by atoms with E-state index in [9.17, 15) is 9.59 Å². The lowest BCUT2D eigenvalue weighted by Crippen LogP contribution is -2.30. The average Bonchev–Trinajstić information content (AvgIpc) is 2.55. The maximum Gasteiger partial charge on any atom is 0.261 e. The van der Waals surface area contributed by atoms with Gasteiger partial charge in [0, 0.05) is 22.2 Å². The Kier molecular flexibility index (Phi) is 3.59. The maximum atomic E-state index is 11.9. The van der Waals surface area contributed by atoms with Crippen LogP contribution in [0.5, 0.6) is 5.75 Å². The van der Waals surface area contributed by atoms with Crippen molar-refractivity contribution in [2.45, 2.75) is 6.92 Å². The van der Waals surface area contributed by atoms with Gasteiger partial charge in [0.15, 0.2) is 0 Å². The molecular weight excluding hydrogens is 366 g/mol. The van der Waals surface area contributed by atoms with Crippen LogP contribution in [-0.4, -0.2) is 18.9 Å². The number of nitrogens with zero attached hydrogens (tertiary/aromatic N) is 1. The molecule has 4 nitrogen and oxygen atoms in total. The lowest BCUT2D eigenvalue weighted by atomic mass is 10.2. The van der Waals surface area contributed by atoms with Gasteiger partial charge < -0.3 is 4.74 Å². The van der Waals surface area contributed by atoms with Gasteiger partial charge in [0.1, 0.15) is 5.75 Å². The van der Waals surface area contributed by atoms with E-state index in [1.54, 1.807) is 19.1 Å². The van der Waals surface area contributed by atoms with E-state index in [0.29, 0.717) is 21.5 Å². The van der Waals surface area contributed by atoms with E-state index in [1.807, 2.05) is 0 Å². The minimum atomic E-state index is -0.345. The molecule has 0 aliphatic carbocycles. The van der Waals surface area contributed by atoms with Crippen LogP contribution < -0.4 is 9.64 Å². The number of hydrogen-bond acceptors (Lipinski definition) is 3. The Morgan fingerprint density at radius 2 is 1.83 bits per heavy atom. The van der Waals surface area contributed by atoms with Gasteiger partial charge in [-0.3, -0.25) is 9.59 Å². The Hall–Kier alpha value is -1.14. The fourth-order valence-electron chi connectivity index (χ4n) is 1.66. The summed E-state index contributed by atoms with van der Waals surface area (Å²) in [6, 6.07) is 3.37. The summed E-state index contributed by atoms with van der Waals surface area (Å²) in [6.45, 7) is 1.62. The molecule has 1 aromatic carbocycles. The van der Waals surface area contributed by atoms with Crippen LogP contribution in [0.3, 0.4) is 0 Å². The SMILES string of the molecule is COc1cc(N2C(=O)C=C(C)C2=O)c(Br)cc1Br. The third-order valence-corrected chi connectivity index (χ3v) is 3.82. The van der Waals surface area contributed by atoms with Crippen molar-refractivity contribution >= 4 is 49.4 Å². The maximum absolute atomic E-state index is 11.9. The van der Waals surface area contributed by atoms with Crippen LogP contribution in [0.4, 0.5) is 5.69 Å². The van der Waals surface area contributed by atoms with Gasteiger partial charge >= 0.3 is 0 Å². The molecular formula is C12H9Br2NO3. The fraction of sp³-hybridized carbons (Fsp3) is 0.167. The number of ether oxygens (including phenoxy) is 1. The van der Waals surface area contributed by atoms with Gasteiger partial charge in [0.25, 0.3) is 11.8 Å². The van der Waals surface area contributed by atoms with Gasteiger partial charge in [-0.05, 0) is 44.8 Å². The van der Waals surface area contributed by atoms with Crippen molar-refractivity contribution in [3.8, 4) is 5.75 Å². The van der Waals surface area contributed by atoms with Crippen molar-refractivity contribution in [3.63, 3.8) is 0 Å². The predicted molar refractivity (Wildman–Crippen MR) is 74.6 cm³/mol. The van der Waals surface area contributed by atoms with E-state index < -0.39 is 0 Å². The summed E-state index contributed by atoms with van der Waals surface area (Å²) in [4.78, 5) is 24.8. The van der Waals surface area contributed by atoms with Crippen molar-refractivity contribution in [3.05, 3.63) is 32.7 Å². The third kappa shape index (κ3) is 2.10. The molecule has 6 heteroatoms. The van der Waals surface area contributed by atoms with Gasteiger partial charge in [0.05, 0.1) is 17.3 Å². The minimum Gasteiger partial charge on any atom is -0.495 e. The highest BCUT2D eigenvalue weighted by molar-refractivity contribution is 9.11. The van der Waals surface area contributed by atoms with Crippen molar-refractivity contribution in [2.75, 3.05) is 12.0 Å². The van der Waals surface area contributed by atoms with Gasteiger partial charge in [-0.25, -0.2) is 4.90 Å². The molecule has 0 saturated carbocycles. The Balaban J connectivity index is 2.53. The van der Waals surface area contributed by atoms with Crippen LogP contribution in [-0.2, 0) is 9.59 Å². The number of rotatable bonds is 2. The lowest BCUT2D eigenvalue weighted by Gasteiger charge is -2.18. The fourth-order valence-corrected chi connectivity index (χ4v) is 3.00. The molecule has 1 heterocycles. The zero-order valence-electron chi connectivity index (χ0n) is 9.66. The molecule has 1 aliphatic heterocycles. The molecule has 1 aliphatic rings. The van der Waals surface area contributed by atoms with Crippen LogP contribution in [0.25, 0.3) is 0 Å². The summed E-state index contributed by atoms with van der Waals surface area (Å²) in [5.74, 6) is -0.106. The molecule has 2 amide bonds. The molecule has 94 valence electrons. The summed E-state index contributed by atoms with van der Waals surface area (Å²) >= 11 is 6.68.